The number of ether oxygens (including phenoxy) is 1. The molecule has 1 aromatic heterocycles. The van der Waals surface area contributed by atoms with Crippen molar-refractivity contribution in [2.75, 3.05) is 32.8 Å². The van der Waals surface area contributed by atoms with E-state index in [0.717, 1.165) is 31.2 Å². The molecule has 0 unspecified atom stereocenters. The largest absolute Gasteiger partial charge is 0.373 e. The summed E-state index contributed by atoms with van der Waals surface area (Å²) >= 11 is 0. The third kappa shape index (κ3) is 3.96. The van der Waals surface area contributed by atoms with E-state index in [0.29, 0.717) is 19.1 Å². The highest BCUT2D eigenvalue weighted by Gasteiger charge is 2.42. The smallest absolute Gasteiger partial charge is 0.317 e. The number of nitrogens with one attached hydrogen (secondary N) is 1. The number of amides is 2. The zero-order valence-electron chi connectivity index (χ0n) is 14.8. The quantitative estimate of drug-likeness (QED) is 0.906. The lowest BCUT2D eigenvalue weighted by Crippen LogP contribution is -2.52. The van der Waals surface area contributed by atoms with Gasteiger partial charge in [-0.25, -0.2) is 4.79 Å². The average molecular weight is 344 g/mol. The number of fused-ring (bicyclic) bond motifs is 1. The van der Waals surface area contributed by atoms with Gasteiger partial charge in [0.1, 0.15) is 0 Å². The molecule has 2 aliphatic heterocycles. The summed E-state index contributed by atoms with van der Waals surface area (Å²) in [6.45, 7) is 4.96. The molecule has 6 nitrogen and oxygen atoms in total. The average Bonchev–Trinajstić information content (AvgIpc) is 3.30. The van der Waals surface area contributed by atoms with Crippen LogP contribution >= 0.6 is 0 Å². The van der Waals surface area contributed by atoms with Crippen molar-refractivity contribution in [3.05, 3.63) is 30.1 Å². The molecule has 3 fully saturated rings. The van der Waals surface area contributed by atoms with Crippen LogP contribution in [0, 0.1) is 5.92 Å². The molecular weight excluding hydrogens is 316 g/mol. The van der Waals surface area contributed by atoms with Gasteiger partial charge >= 0.3 is 6.03 Å². The van der Waals surface area contributed by atoms with E-state index < -0.39 is 0 Å². The number of aromatic nitrogens is 1. The Morgan fingerprint density at radius 2 is 2.20 bits per heavy atom. The highest BCUT2D eigenvalue weighted by molar-refractivity contribution is 5.74. The highest BCUT2D eigenvalue weighted by Crippen LogP contribution is 2.29. The third-order valence-electron chi connectivity index (χ3n) is 5.84. The van der Waals surface area contributed by atoms with Gasteiger partial charge in [0.15, 0.2) is 0 Å². The van der Waals surface area contributed by atoms with Gasteiger partial charge in [-0.05, 0) is 30.4 Å². The van der Waals surface area contributed by atoms with Gasteiger partial charge in [-0.15, -0.1) is 0 Å². The number of hydrogen-bond donors (Lipinski definition) is 1. The van der Waals surface area contributed by atoms with Crippen LogP contribution in [0.2, 0.25) is 0 Å². The molecule has 1 saturated carbocycles. The number of likely N-dealkylation sites (tertiary alicyclic amines) is 1. The van der Waals surface area contributed by atoms with E-state index in [2.05, 4.69) is 15.2 Å². The van der Waals surface area contributed by atoms with E-state index in [-0.39, 0.29) is 12.1 Å². The molecule has 0 radical (unpaired) electrons. The summed E-state index contributed by atoms with van der Waals surface area (Å²) in [6.07, 6.45) is 9.19. The van der Waals surface area contributed by atoms with Crippen molar-refractivity contribution in [2.45, 2.75) is 44.4 Å². The Bertz CT molecular complexity index is 576. The molecule has 25 heavy (non-hydrogen) atoms. The third-order valence-corrected chi connectivity index (χ3v) is 5.84. The molecule has 1 aromatic rings. The molecule has 136 valence electrons. The number of carbonyl (C=O) groups excluding carboxylic acids is 1. The summed E-state index contributed by atoms with van der Waals surface area (Å²) in [5.74, 6) is 0.840. The fourth-order valence-corrected chi connectivity index (χ4v) is 4.47. The first-order valence-corrected chi connectivity index (χ1v) is 9.57. The Morgan fingerprint density at radius 3 is 3.00 bits per heavy atom. The summed E-state index contributed by atoms with van der Waals surface area (Å²) in [7, 11) is 0. The summed E-state index contributed by atoms with van der Waals surface area (Å²) in [5, 5.41) is 3.01. The van der Waals surface area contributed by atoms with Crippen LogP contribution in [0.15, 0.2) is 24.5 Å². The van der Waals surface area contributed by atoms with Crippen LogP contribution < -0.4 is 5.32 Å². The molecule has 0 aromatic carbocycles. The Balaban J connectivity index is 1.31. The maximum absolute atomic E-state index is 12.5. The van der Waals surface area contributed by atoms with Gasteiger partial charge in [-0.2, -0.15) is 0 Å². The molecule has 0 bridgehead atoms. The van der Waals surface area contributed by atoms with E-state index in [1.165, 1.54) is 32.2 Å². The second-order valence-electron chi connectivity index (χ2n) is 7.55. The first kappa shape index (κ1) is 16.8. The van der Waals surface area contributed by atoms with Gasteiger partial charge in [0.2, 0.25) is 0 Å². The van der Waals surface area contributed by atoms with Crippen LogP contribution in [0.5, 0.6) is 0 Å². The van der Waals surface area contributed by atoms with Crippen molar-refractivity contribution >= 4 is 6.03 Å². The summed E-state index contributed by atoms with van der Waals surface area (Å²) in [4.78, 5) is 21.1. The summed E-state index contributed by atoms with van der Waals surface area (Å²) in [6, 6.07) is 4.23. The van der Waals surface area contributed by atoms with Gasteiger partial charge in [-0.3, -0.25) is 9.88 Å². The predicted molar refractivity (Wildman–Crippen MR) is 95.1 cm³/mol. The molecule has 4 rings (SSSR count). The molecule has 2 amide bonds. The number of urea groups is 1. The second-order valence-corrected chi connectivity index (χ2v) is 7.55. The second kappa shape index (κ2) is 7.70. The van der Waals surface area contributed by atoms with Crippen molar-refractivity contribution < 1.29 is 9.53 Å². The molecular formula is C19H28N4O2. The topological polar surface area (TPSA) is 57.7 Å². The molecule has 6 heteroatoms. The van der Waals surface area contributed by atoms with Gasteiger partial charge < -0.3 is 15.0 Å². The van der Waals surface area contributed by atoms with Gasteiger partial charge in [0.25, 0.3) is 0 Å². The predicted octanol–water partition coefficient (Wildman–Crippen LogP) is 1.87. The fourth-order valence-electron chi connectivity index (χ4n) is 4.47. The Hall–Kier alpha value is -1.66. The Kier molecular flexibility index (Phi) is 5.17. The molecule has 1 aliphatic carbocycles. The maximum Gasteiger partial charge on any atom is 0.317 e. The highest BCUT2D eigenvalue weighted by atomic mass is 16.5. The van der Waals surface area contributed by atoms with Gasteiger partial charge in [-0.1, -0.05) is 18.9 Å². The zero-order chi connectivity index (χ0) is 17.1. The van der Waals surface area contributed by atoms with Crippen LogP contribution in [0.25, 0.3) is 0 Å². The zero-order valence-corrected chi connectivity index (χ0v) is 14.8. The van der Waals surface area contributed by atoms with Gasteiger partial charge in [0, 0.05) is 38.6 Å². The van der Waals surface area contributed by atoms with Crippen molar-refractivity contribution in [3.63, 3.8) is 0 Å². The molecule has 2 saturated heterocycles. The molecule has 0 spiro atoms. The molecule has 3 heterocycles. The van der Waals surface area contributed by atoms with Crippen molar-refractivity contribution in [1.82, 2.24) is 20.1 Å². The van der Waals surface area contributed by atoms with Gasteiger partial charge in [0.05, 0.1) is 25.3 Å². The van der Waals surface area contributed by atoms with Crippen molar-refractivity contribution in [2.24, 2.45) is 5.92 Å². The lowest BCUT2D eigenvalue weighted by molar-refractivity contribution is -0.0515. The van der Waals surface area contributed by atoms with Crippen molar-refractivity contribution in [3.8, 4) is 0 Å². The minimum absolute atomic E-state index is 0.00247. The number of hydrogen-bond acceptors (Lipinski definition) is 4. The van der Waals surface area contributed by atoms with Crippen LogP contribution in [-0.4, -0.2) is 65.7 Å². The number of pyridine rings is 1. The van der Waals surface area contributed by atoms with E-state index in [1.807, 2.05) is 17.0 Å². The molecule has 2 atom stereocenters. The Morgan fingerprint density at radius 1 is 1.32 bits per heavy atom. The summed E-state index contributed by atoms with van der Waals surface area (Å²) < 4.78 is 5.97. The van der Waals surface area contributed by atoms with E-state index in [4.69, 9.17) is 4.74 Å². The number of carbonyl (C=O) groups is 1. The minimum Gasteiger partial charge on any atom is -0.373 e. The van der Waals surface area contributed by atoms with E-state index in [9.17, 15) is 4.79 Å². The first-order valence-electron chi connectivity index (χ1n) is 9.57. The van der Waals surface area contributed by atoms with Crippen LogP contribution in [0.3, 0.4) is 0 Å². The fraction of sp³-hybridized carbons (Fsp3) is 0.684. The monoisotopic (exact) mass is 344 g/mol. The lowest BCUT2D eigenvalue weighted by Gasteiger charge is -2.38. The maximum atomic E-state index is 12.5. The van der Waals surface area contributed by atoms with Crippen molar-refractivity contribution in [1.29, 1.82) is 0 Å². The lowest BCUT2D eigenvalue weighted by atomic mass is 10.0. The minimum atomic E-state index is 0.00247. The number of morpholine rings is 1. The number of nitrogens with zero attached hydrogens (tertiary/aromatic N) is 3. The van der Waals surface area contributed by atoms with E-state index in [1.54, 1.807) is 12.4 Å². The first-order chi connectivity index (χ1) is 12.3. The normalized spacial score (nSPS) is 27.4. The number of rotatable bonds is 4. The van der Waals surface area contributed by atoms with Crippen LogP contribution in [0.4, 0.5) is 4.79 Å². The van der Waals surface area contributed by atoms with E-state index >= 15 is 0 Å². The summed E-state index contributed by atoms with van der Waals surface area (Å²) in [5.41, 5.74) is 1.02. The SMILES string of the molecule is O=C(NCc1cccnc1)N1C[C@@H]2OCCN(CC3CCCC3)[C@@H]2C1. The Labute approximate surface area is 149 Å². The van der Waals surface area contributed by atoms with Crippen LogP contribution in [0.1, 0.15) is 31.2 Å². The van der Waals surface area contributed by atoms with Crippen LogP contribution in [-0.2, 0) is 11.3 Å². The molecule has 3 aliphatic rings. The molecule has 1 N–H and O–H groups in total. The standard InChI is InChI=1S/C19H28N4O2/c24-19(21-11-16-6-3-7-20-10-16)23-13-17-18(14-23)25-9-8-22(17)12-15-4-1-2-5-15/h3,6-7,10,15,17-18H,1-2,4-5,8-9,11-14H2,(H,21,24)/t17-,18+/m1/s1.